The smallest absolute Gasteiger partial charge is 0.274 e. The van der Waals surface area contributed by atoms with Crippen molar-refractivity contribution in [3.05, 3.63) is 82.6 Å². The Kier molecular flexibility index (Phi) is 5.52. The molecule has 3 aromatic rings. The number of hydrogen-bond acceptors (Lipinski definition) is 4. The van der Waals surface area contributed by atoms with Crippen LogP contribution in [0, 0.1) is 6.92 Å². The molecule has 1 amide bonds. The number of halogens is 1. The third kappa shape index (κ3) is 4.71. The molecule has 0 bridgehead atoms. The van der Waals surface area contributed by atoms with Crippen molar-refractivity contribution in [2.45, 2.75) is 13.8 Å². The van der Waals surface area contributed by atoms with E-state index in [-0.39, 0.29) is 17.4 Å². The van der Waals surface area contributed by atoms with E-state index >= 15 is 0 Å². The first-order valence-electron chi connectivity index (χ1n) is 8.34. The van der Waals surface area contributed by atoms with E-state index in [0.29, 0.717) is 16.3 Å². The lowest BCUT2D eigenvalue weighted by Crippen LogP contribution is -2.14. The maximum Gasteiger partial charge on any atom is 0.274 e. The minimum atomic E-state index is -0.331. The van der Waals surface area contributed by atoms with E-state index in [1.165, 1.54) is 6.92 Å². The maximum absolute atomic E-state index is 12.5. The summed E-state index contributed by atoms with van der Waals surface area (Å²) in [5, 5.41) is 6.71. The van der Waals surface area contributed by atoms with Gasteiger partial charge < -0.3 is 10.6 Å². The highest BCUT2D eigenvalue weighted by molar-refractivity contribution is 6.30. The molecule has 0 atom stereocenters. The van der Waals surface area contributed by atoms with Gasteiger partial charge in [0.05, 0.1) is 0 Å². The molecule has 0 aliphatic rings. The predicted molar refractivity (Wildman–Crippen MR) is 108 cm³/mol. The fraction of sp³-hybridized carbons (Fsp3) is 0.0952. The van der Waals surface area contributed by atoms with Gasteiger partial charge in [-0.3, -0.25) is 14.6 Å². The molecule has 6 heteroatoms. The Labute approximate surface area is 162 Å². The molecule has 0 unspecified atom stereocenters. The number of rotatable bonds is 5. The Morgan fingerprint density at radius 2 is 1.70 bits per heavy atom. The van der Waals surface area contributed by atoms with Gasteiger partial charge in [0.15, 0.2) is 5.78 Å². The van der Waals surface area contributed by atoms with E-state index in [4.69, 9.17) is 11.6 Å². The number of hydrogen-bond donors (Lipinski definition) is 2. The van der Waals surface area contributed by atoms with Crippen molar-refractivity contribution in [1.82, 2.24) is 4.98 Å². The second kappa shape index (κ2) is 8.01. The number of carbonyl (C=O) groups is 2. The Hall–Kier alpha value is -3.18. The molecule has 0 fully saturated rings. The van der Waals surface area contributed by atoms with Gasteiger partial charge in [-0.2, -0.15) is 0 Å². The van der Waals surface area contributed by atoms with Crippen LogP contribution in [0.1, 0.15) is 33.3 Å². The molecule has 3 rings (SSSR count). The lowest BCUT2D eigenvalue weighted by Gasteiger charge is -2.11. The number of aromatic nitrogens is 1. The van der Waals surface area contributed by atoms with Gasteiger partial charge in [0, 0.05) is 33.8 Å². The van der Waals surface area contributed by atoms with Crippen molar-refractivity contribution < 1.29 is 9.59 Å². The SMILES string of the molecule is CC(=O)c1ccc(NC(=O)c2cc(Nc3ccc(Cl)cc3C)ccn2)cc1. The van der Waals surface area contributed by atoms with E-state index in [1.807, 2.05) is 19.1 Å². The first-order chi connectivity index (χ1) is 12.9. The fourth-order valence-electron chi connectivity index (χ4n) is 2.54. The summed E-state index contributed by atoms with van der Waals surface area (Å²) in [6.07, 6.45) is 1.57. The molecule has 0 radical (unpaired) electrons. The molecule has 136 valence electrons. The van der Waals surface area contributed by atoms with Gasteiger partial charge in [-0.25, -0.2) is 0 Å². The van der Waals surface area contributed by atoms with Crippen LogP contribution in [-0.2, 0) is 0 Å². The van der Waals surface area contributed by atoms with Crippen LogP contribution in [0.3, 0.4) is 0 Å². The molecule has 1 aromatic heterocycles. The van der Waals surface area contributed by atoms with Gasteiger partial charge in [0.2, 0.25) is 0 Å². The van der Waals surface area contributed by atoms with Gasteiger partial charge >= 0.3 is 0 Å². The van der Waals surface area contributed by atoms with Crippen LogP contribution in [0.2, 0.25) is 5.02 Å². The first kappa shape index (κ1) is 18.6. The van der Waals surface area contributed by atoms with E-state index in [0.717, 1.165) is 16.9 Å². The highest BCUT2D eigenvalue weighted by Gasteiger charge is 2.10. The summed E-state index contributed by atoms with van der Waals surface area (Å²) in [7, 11) is 0. The zero-order valence-electron chi connectivity index (χ0n) is 14.9. The molecular weight excluding hydrogens is 362 g/mol. The lowest BCUT2D eigenvalue weighted by molar-refractivity contribution is 0.101. The number of benzene rings is 2. The second-order valence-corrected chi connectivity index (χ2v) is 6.54. The van der Waals surface area contributed by atoms with Gasteiger partial charge in [-0.05, 0) is 74.0 Å². The number of anilines is 3. The third-order valence-corrected chi connectivity index (χ3v) is 4.24. The minimum absolute atomic E-state index is 0.0224. The summed E-state index contributed by atoms with van der Waals surface area (Å²) >= 11 is 5.98. The van der Waals surface area contributed by atoms with Gasteiger partial charge in [0.1, 0.15) is 5.69 Å². The topological polar surface area (TPSA) is 71.1 Å². The quantitative estimate of drug-likeness (QED) is 0.594. The maximum atomic E-state index is 12.5. The second-order valence-electron chi connectivity index (χ2n) is 6.10. The Morgan fingerprint density at radius 1 is 0.963 bits per heavy atom. The van der Waals surface area contributed by atoms with Crippen LogP contribution in [0.4, 0.5) is 17.1 Å². The molecule has 0 aliphatic carbocycles. The Bertz CT molecular complexity index is 1000. The number of ketones is 1. The molecular formula is C21H18ClN3O2. The summed E-state index contributed by atoms with van der Waals surface area (Å²) in [6.45, 7) is 3.45. The molecule has 27 heavy (non-hydrogen) atoms. The molecule has 5 nitrogen and oxygen atoms in total. The molecule has 0 saturated carbocycles. The lowest BCUT2D eigenvalue weighted by atomic mass is 10.1. The number of pyridine rings is 1. The molecule has 0 spiro atoms. The summed E-state index contributed by atoms with van der Waals surface area (Å²) < 4.78 is 0. The van der Waals surface area contributed by atoms with Crippen LogP contribution in [-0.4, -0.2) is 16.7 Å². The normalized spacial score (nSPS) is 10.3. The van der Waals surface area contributed by atoms with Crippen LogP contribution in [0.25, 0.3) is 0 Å². The van der Waals surface area contributed by atoms with Gasteiger partial charge in [-0.15, -0.1) is 0 Å². The first-order valence-corrected chi connectivity index (χ1v) is 8.72. The molecule has 0 saturated heterocycles. The van der Waals surface area contributed by atoms with Crippen molar-refractivity contribution >= 4 is 40.4 Å². The van der Waals surface area contributed by atoms with Crippen molar-refractivity contribution in [2.75, 3.05) is 10.6 Å². The van der Waals surface area contributed by atoms with E-state index in [2.05, 4.69) is 15.6 Å². The fourth-order valence-corrected chi connectivity index (χ4v) is 2.77. The summed E-state index contributed by atoms with van der Waals surface area (Å²) in [5.41, 5.74) is 4.11. The van der Waals surface area contributed by atoms with Crippen LogP contribution < -0.4 is 10.6 Å². The van der Waals surface area contributed by atoms with Crippen molar-refractivity contribution in [1.29, 1.82) is 0 Å². The third-order valence-electron chi connectivity index (χ3n) is 4.01. The molecule has 0 aliphatic heterocycles. The van der Waals surface area contributed by atoms with Crippen molar-refractivity contribution in [3.8, 4) is 0 Å². The van der Waals surface area contributed by atoms with E-state index in [9.17, 15) is 9.59 Å². The zero-order chi connectivity index (χ0) is 19.4. The van der Waals surface area contributed by atoms with E-state index in [1.54, 1.807) is 48.7 Å². The van der Waals surface area contributed by atoms with Crippen molar-refractivity contribution in [2.24, 2.45) is 0 Å². The number of nitrogens with zero attached hydrogens (tertiary/aromatic N) is 1. The van der Waals surface area contributed by atoms with Crippen LogP contribution >= 0.6 is 11.6 Å². The zero-order valence-corrected chi connectivity index (χ0v) is 15.7. The Morgan fingerprint density at radius 3 is 2.37 bits per heavy atom. The van der Waals surface area contributed by atoms with Crippen LogP contribution in [0.5, 0.6) is 0 Å². The number of nitrogens with one attached hydrogen (secondary N) is 2. The average Bonchev–Trinajstić information content (AvgIpc) is 2.65. The monoisotopic (exact) mass is 379 g/mol. The number of amides is 1. The number of aryl methyl sites for hydroxylation is 1. The highest BCUT2D eigenvalue weighted by atomic mass is 35.5. The molecule has 1 heterocycles. The predicted octanol–water partition coefficient (Wildman–Crippen LogP) is 5.24. The highest BCUT2D eigenvalue weighted by Crippen LogP contribution is 2.24. The Balaban J connectivity index is 1.74. The largest absolute Gasteiger partial charge is 0.355 e. The molecule has 2 N–H and O–H groups in total. The van der Waals surface area contributed by atoms with E-state index < -0.39 is 0 Å². The number of carbonyl (C=O) groups excluding carboxylic acids is 2. The average molecular weight is 380 g/mol. The van der Waals surface area contributed by atoms with Gasteiger partial charge in [0.25, 0.3) is 5.91 Å². The summed E-state index contributed by atoms with van der Waals surface area (Å²) in [5.74, 6) is -0.354. The van der Waals surface area contributed by atoms with Crippen LogP contribution in [0.15, 0.2) is 60.8 Å². The summed E-state index contributed by atoms with van der Waals surface area (Å²) in [4.78, 5) is 27.9. The molecule has 2 aromatic carbocycles. The minimum Gasteiger partial charge on any atom is -0.355 e. The number of Topliss-reactive ketones (excluding diaryl/α,β-unsaturated/α-hetero) is 1. The summed E-state index contributed by atoms with van der Waals surface area (Å²) in [6, 6.07) is 15.7. The van der Waals surface area contributed by atoms with Crippen molar-refractivity contribution in [3.63, 3.8) is 0 Å². The standard InChI is InChI=1S/C21H18ClN3O2/c1-13-11-16(22)5-8-19(13)24-18-9-10-23-20(12-18)21(27)25-17-6-3-15(4-7-17)14(2)26/h3-12H,1-2H3,(H,23,24)(H,25,27). The van der Waals surface area contributed by atoms with Gasteiger partial charge in [-0.1, -0.05) is 11.6 Å².